The predicted molar refractivity (Wildman–Crippen MR) is 67.2 cm³/mol. The van der Waals surface area contributed by atoms with Gasteiger partial charge in [-0.2, -0.15) is 0 Å². The minimum atomic E-state index is -3.50. The molecule has 0 aliphatic heterocycles. The highest BCUT2D eigenvalue weighted by Crippen LogP contribution is 2.22. The molecule has 4 nitrogen and oxygen atoms in total. The van der Waals surface area contributed by atoms with Crippen LogP contribution >= 0.6 is 15.9 Å². The van der Waals surface area contributed by atoms with Crippen molar-refractivity contribution in [2.45, 2.75) is 11.3 Å². The first-order valence-electron chi connectivity index (χ1n) is 4.45. The van der Waals surface area contributed by atoms with Crippen molar-refractivity contribution in [3.63, 3.8) is 0 Å². The van der Waals surface area contributed by atoms with E-state index in [1.54, 1.807) is 0 Å². The topological polar surface area (TPSA) is 72.2 Å². The zero-order valence-electron chi connectivity index (χ0n) is 8.40. The van der Waals surface area contributed by atoms with Crippen LogP contribution in [0.3, 0.4) is 0 Å². The Kier molecular flexibility index (Phi) is 4.35. The Morgan fingerprint density at radius 1 is 1.50 bits per heavy atom. The Morgan fingerprint density at radius 3 is 2.75 bits per heavy atom. The predicted octanol–water partition coefficient (Wildman–Crippen LogP) is 1.33. The number of terminal acetylenes is 1. The third-order valence-electron chi connectivity index (χ3n) is 1.84. The molecule has 16 heavy (non-hydrogen) atoms. The van der Waals surface area contributed by atoms with Gasteiger partial charge in [-0.3, -0.25) is 0 Å². The highest BCUT2D eigenvalue weighted by atomic mass is 79.9. The summed E-state index contributed by atoms with van der Waals surface area (Å²) in [5, 5.41) is 0. The van der Waals surface area contributed by atoms with E-state index in [4.69, 9.17) is 12.2 Å². The number of anilines is 1. The van der Waals surface area contributed by atoms with Crippen molar-refractivity contribution < 1.29 is 8.42 Å². The summed E-state index contributed by atoms with van der Waals surface area (Å²) in [5.41, 5.74) is 6.05. The number of halogens is 1. The first-order chi connectivity index (χ1) is 7.47. The molecular formula is C10H11BrN2O2S. The lowest BCUT2D eigenvalue weighted by molar-refractivity contribution is 0.582. The van der Waals surface area contributed by atoms with Crippen LogP contribution in [0, 0.1) is 12.3 Å². The number of benzene rings is 1. The van der Waals surface area contributed by atoms with Crippen molar-refractivity contribution in [2.75, 3.05) is 12.3 Å². The molecule has 0 atom stereocenters. The normalized spacial score (nSPS) is 11.0. The lowest BCUT2D eigenvalue weighted by Crippen LogP contribution is -2.24. The van der Waals surface area contributed by atoms with E-state index in [9.17, 15) is 8.42 Å². The van der Waals surface area contributed by atoms with Crippen LogP contribution in [-0.2, 0) is 10.0 Å². The smallest absolute Gasteiger partial charge is 0.240 e. The van der Waals surface area contributed by atoms with E-state index >= 15 is 0 Å². The third kappa shape index (κ3) is 3.23. The second-order valence-electron chi connectivity index (χ2n) is 3.04. The Hall–Kier alpha value is -1.03. The number of nitrogens with one attached hydrogen (secondary N) is 1. The summed E-state index contributed by atoms with van der Waals surface area (Å²) in [6.45, 7) is 0.223. The molecule has 0 aliphatic carbocycles. The molecule has 0 saturated heterocycles. The average Bonchev–Trinajstić information content (AvgIpc) is 2.22. The molecule has 0 radical (unpaired) electrons. The fourth-order valence-electron chi connectivity index (χ4n) is 1.02. The van der Waals surface area contributed by atoms with Gasteiger partial charge in [-0.25, -0.2) is 13.1 Å². The Morgan fingerprint density at radius 2 is 2.19 bits per heavy atom. The lowest BCUT2D eigenvalue weighted by atomic mass is 10.3. The largest absolute Gasteiger partial charge is 0.398 e. The van der Waals surface area contributed by atoms with Crippen LogP contribution in [0.5, 0.6) is 0 Å². The van der Waals surface area contributed by atoms with E-state index in [0.717, 1.165) is 0 Å². The molecule has 0 heterocycles. The monoisotopic (exact) mass is 302 g/mol. The molecule has 0 saturated carbocycles. The summed E-state index contributed by atoms with van der Waals surface area (Å²) < 4.78 is 26.4. The number of nitrogen functional groups attached to an aromatic ring is 1. The summed E-state index contributed by atoms with van der Waals surface area (Å²) in [7, 11) is -3.50. The maximum absolute atomic E-state index is 11.7. The number of sulfonamides is 1. The fourth-order valence-corrected chi connectivity index (χ4v) is 2.60. The van der Waals surface area contributed by atoms with Crippen LogP contribution in [0.25, 0.3) is 0 Å². The van der Waals surface area contributed by atoms with Gasteiger partial charge in [0.1, 0.15) is 0 Å². The molecule has 0 aromatic heterocycles. The molecule has 1 rings (SSSR count). The van der Waals surface area contributed by atoms with Gasteiger partial charge in [0, 0.05) is 23.1 Å². The maximum Gasteiger partial charge on any atom is 0.240 e. The second kappa shape index (κ2) is 5.34. The highest BCUT2D eigenvalue weighted by molar-refractivity contribution is 9.10. The van der Waals surface area contributed by atoms with Gasteiger partial charge in [0.05, 0.1) is 4.90 Å². The van der Waals surface area contributed by atoms with E-state index in [1.807, 2.05) is 0 Å². The van der Waals surface area contributed by atoms with Gasteiger partial charge < -0.3 is 5.73 Å². The molecular weight excluding hydrogens is 292 g/mol. The van der Waals surface area contributed by atoms with Gasteiger partial charge in [0.15, 0.2) is 0 Å². The van der Waals surface area contributed by atoms with E-state index in [2.05, 4.69) is 26.6 Å². The minimum Gasteiger partial charge on any atom is -0.398 e. The van der Waals surface area contributed by atoms with Crippen molar-refractivity contribution in [1.29, 1.82) is 0 Å². The third-order valence-corrected chi connectivity index (χ3v) is 3.99. The van der Waals surface area contributed by atoms with E-state index in [-0.39, 0.29) is 11.4 Å². The maximum atomic E-state index is 11.7. The molecule has 0 amide bonds. The summed E-state index contributed by atoms with van der Waals surface area (Å²) >= 11 is 3.17. The molecule has 0 fully saturated rings. The molecule has 0 spiro atoms. The van der Waals surface area contributed by atoms with Gasteiger partial charge in [-0.15, -0.1) is 12.3 Å². The SMILES string of the molecule is C#CCCNS(=O)(=O)c1ccc(N)c(Br)c1. The summed E-state index contributed by atoms with van der Waals surface area (Å²) in [4.78, 5) is 0.158. The second-order valence-corrected chi connectivity index (χ2v) is 5.66. The van der Waals surface area contributed by atoms with Gasteiger partial charge in [-0.05, 0) is 34.1 Å². The van der Waals surface area contributed by atoms with Crippen LogP contribution in [0.15, 0.2) is 27.6 Å². The number of rotatable bonds is 4. The summed E-state index contributed by atoms with van der Waals surface area (Å²) in [5.74, 6) is 2.36. The molecule has 0 bridgehead atoms. The first-order valence-corrected chi connectivity index (χ1v) is 6.73. The van der Waals surface area contributed by atoms with Crippen molar-refractivity contribution >= 4 is 31.6 Å². The Labute approximate surface area is 103 Å². The summed E-state index contributed by atoms with van der Waals surface area (Å²) in [6.07, 6.45) is 5.39. The molecule has 1 aromatic rings. The van der Waals surface area contributed by atoms with Crippen LogP contribution in [-0.4, -0.2) is 15.0 Å². The zero-order chi connectivity index (χ0) is 12.2. The zero-order valence-corrected chi connectivity index (χ0v) is 10.8. The first kappa shape index (κ1) is 13.0. The fraction of sp³-hybridized carbons (Fsp3) is 0.200. The molecule has 1 aromatic carbocycles. The van der Waals surface area contributed by atoms with Crippen LogP contribution < -0.4 is 10.5 Å². The van der Waals surface area contributed by atoms with Crippen molar-refractivity contribution in [1.82, 2.24) is 4.72 Å². The van der Waals surface area contributed by atoms with Crippen LogP contribution in [0.4, 0.5) is 5.69 Å². The van der Waals surface area contributed by atoms with Crippen molar-refractivity contribution in [3.8, 4) is 12.3 Å². The standard InChI is InChI=1S/C10H11BrN2O2S/c1-2-3-6-13-16(14,15)8-4-5-10(12)9(11)7-8/h1,4-5,7,13H,3,6,12H2. The van der Waals surface area contributed by atoms with Gasteiger partial charge in [0.2, 0.25) is 10.0 Å². The quantitative estimate of drug-likeness (QED) is 0.501. The minimum absolute atomic E-state index is 0.158. The number of nitrogens with two attached hydrogens (primary N) is 1. The number of hydrogen-bond donors (Lipinski definition) is 2. The van der Waals surface area contributed by atoms with Crippen LogP contribution in [0.1, 0.15) is 6.42 Å². The number of hydrogen-bond acceptors (Lipinski definition) is 3. The van der Waals surface area contributed by atoms with Gasteiger partial charge in [0.25, 0.3) is 0 Å². The Balaban J connectivity index is 2.91. The average molecular weight is 303 g/mol. The summed E-state index contributed by atoms with van der Waals surface area (Å²) in [6, 6.07) is 4.42. The van der Waals surface area contributed by atoms with Crippen molar-refractivity contribution in [2.24, 2.45) is 0 Å². The van der Waals surface area contributed by atoms with E-state index in [1.165, 1.54) is 18.2 Å². The van der Waals surface area contributed by atoms with Crippen molar-refractivity contribution in [3.05, 3.63) is 22.7 Å². The molecule has 3 N–H and O–H groups in total. The lowest BCUT2D eigenvalue weighted by Gasteiger charge is -2.06. The van der Waals surface area contributed by atoms with Gasteiger partial charge >= 0.3 is 0 Å². The molecule has 86 valence electrons. The Bertz CT molecular complexity index is 520. The van der Waals surface area contributed by atoms with E-state index in [0.29, 0.717) is 16.6 Å². The molecule has 0 aliphatic rings. The molecule has 0 unspecified atom stereocenters. The van der Waals surface area contributed by atoms with Gasteiger partial charge in [-0.1, -0.05) is 0 Å². The highest BCUT2D eigenvalue weighted by Gasteiger charge is 2.13. The molecule has 6 heteroatoms. The van der Waals surface area contributed by atoms with E-state index < -0.39 is 10.0 Å². The van der Waals surface area contributed by atoms with Crippen LogP contribution in [0.2, 0.25) is 0 Å².